The van der Waals surface area contributed by atoms with Crippen LogP contribution in [0.25, 0.3) is 0 Å². The second-order valence-corrected chi connectivity index (χ2v) is 5.13. The van der Waals surface area contributed by atoms with Crippen molar-refractivity contribution in [2.45, 2.75) is 39.0 Å². The third kappa shape index (κ3) is 3.81. The average Bonchev–Trinajstić information content (AvgIpc) is 2.45. The number of hydrogen-bond acceptors (Lipinski definition) is 3. The first-order valence-electron chi connectivity index (χ1n) is 6.87. The first-order chi connectivity index (χ1) is 9.16. The normalized spacial score (nSPS) is 17.2. The number of carbonyl (C=O) groups is 1. The number of hydrogen-bond donors (Lipinski definition) is 2. The Morgan fingerprint density at radius 3 is 2.74 bits per heavy atom. The molecule has 102 valence electrons. The van der Waals surface area contributed by atoms with E-state index in [1.54, 1.807) is 0 Å². The van der Waals surface area contributed by atoms with Crippen LogP contribution in [0.4, 0.5) is 5.69 Å². The van der Waals surface area contributed by atoms with Gasteiger partial charge in [0.2, 0.25) is 5.91 Å². The molecule has 0 atom stereocenters. The van der Waals surface area contributed by atoms with Crippen molar-refractivity contribution in [1.82, 2.24) is 5.43 Å². The molecule has 0 spiro atoms. The molecule has 1 amide bonds. The van der Waals surface area contributed by atoms with Gasteiger partial charge >= 0.3 is 0 Å². The maximum absolute atomic E-state index is 12.0. The molecule has 0 heterocycles. The van der Waals surface area contributed by atoms with Gasteiger partial charge in [0.15, 0.2) is 0 Å². The molecule has 0 aliphatic heterocycles. The predicted octanol–water partition coefficient (Wildman–Crippen LogP) is 2.69. The highest BCUT2D eigenvalue weighted by Crippen LogP contribution is 2.23. The predicted molar refractivity (Wildman–Crippen MR) is 77.8 cm³/mol. The van der Waals surface area contributed by atoms with Crippen LogP contribution in [0, 0.1) is 5.92 Å². The number of rotatable bonds is 3. The number of hydrazone groups is 1. The van der Waals surface area contributed by atoms with Crippen LogP contribution in [0.5, 0.6) is 0 Å². The van der Waals surface area contributed by atoms with E-state index in [-0.39, 0.29) is 11.8 Å². The lowest BCUT2D eigenvalue weighted by molar-refractivity contribution is -0.125. The molecular formula is C15H21N3O. The van der Waals surface area contributed by atoms with Gasteiger partial charge in [0.05, 0.1) is 5.71 Å². The number of nitrogen functional groups attached to an aromatic ring is 1. The molecule has 4 heteroatoms. The molecule has 3 N–H and O–H groups in total. The van der Waals surface area contributed by atoms with E-state index in [0.717, 1.165) is 37.0 Å². The van der Waals surface area contributed by atoms with Gasteiger partial charge in [-0.2, -0.15) is 5.10 Å². The molecule has 1 aliphatic rings. The third-order valence-electron chi connectivity index (χ3n) is 3.61. The minimum atomic E-state index is 0.0444. The fourth-order valence-corrected chi connectivity index (χ4v) is 2.42. The van der Waals surface area contributed by atoms with Crippen LogP contribution in [0.2, 0.25) is 0 Å². The number of nitrogens with two attached hydrogens (primary N) is 1. The molecule has 0 bridgehead atoms. The van der Waals surface area contributed by atoms with Gasteiger partial charge in [-0.05, 0) is 37.5 Å². The van der Waals surface area contributed by atoms with E-state index in [0.29, 0.717) is 5.69 Å². The number of amides is 1. The van der Waals surface area contributed by atoms with E-state index in [4.69, 9.17) is 5.73 Å². The van der Waals surface area contributed by atoms with Gasteiger partial charge < -0.3 is 5.73 Å². The Morgan fingerprint density at radius 2 is 2.05 bits per heavy atom. The number of nitrogens with one attached hydrogen (secondary N) is 1. The summed E-state index contributed by atoms with van der Waals surface area (Å²) in [6.45, 7) is 1.87. The molecule has 1 aromatic rings. The van der Waals surface area contributed by atoms with Crippen LogP contribution in [0.15, 0.2) is 29.4 Å². The summed E-state index contributed by atoms with van der Waals surface area (Å²) in [7, 11) is 0. The summed E-state index contributed by atoms with van der Waals surface area (Å²) in [5.41, 5.74) is 10.8. The quantitative estimate of drug-likeness (QED) is 0.498. The van der Waals surface area contributed by atoms with Crippen LogP contribution >= 0.6 is 0 Å². The minimum Gasteiger partial charge on any atom is -0.399 e. The Kier molecular flexibility index (Phi) is 4.55. The Hall–Kier alpha value is -1.84. The summed E-state index contributed by atoms with van der Waals surface area (Å²) in [6.07, 6.45) is 5.51. The van der Waals surface area contributed by atoms with Crippen molar-refractivity contribution in [1.29, 1.82) is 0 Å². The lowest BCUT2D eigenvalue weighted by atomic mass is 9.89. The minimum absolute atomic E-state index is 0.0444. The fraction of sp³-hybridized carbons (Fsp3) is 0.467. The van der Waals surface area contributed by atoms with E-state index in [9.17, 15) is 4.79 Å². The second kappa shape index (κ2) is 6.36. The van der Waals surface area contributed by atoms with E-state index in [1.165, 1.54) is 6.42 Å². The molecule has 0 aromatic heterocycles. The van der Waals surface area contributed by atoms with E-state index in [2.05, 4.69) is 10.5 Å². The van der Waals surface area contributed by atoms with Gasteiger partial charge in [0, 0.05) is 11.6 Å². The highest BCUT2D eigenvalue weighted by Gasteiger charge is 2.20. The standard InChI is InChI=1S/C15H21N3O/c1-11(13-8-5-9-14(16)10-13)17-18-15(19)12-6-3-2-4-7-12/h5,8-10,12H,2-4,6-7,16H2,1H3,(H,18,19)/b17-11-. The third-order valence-corrected chi connectivity index (χ3v) is 3.61. The van der Waals surface area contributed by atoms with Gasteiger partial charge in [-0.15, -0.1) is 0 Å². The van der Waals surface area contributed by atoms with Crippen molar-refractivity contribution >= 4 is 17.3 Å². The second-order valence-electron chi connectivity index (χ2n) is 5.13. The number of carbonyl (C=O) groups excluding carboxylic acids is 1. The van der Waals surface area contributed by atoms with Crippen molar-refractivity contribution in [2.75, 3.05) is 5.73 Å². The van der Waals surface area contributed by atoms with Crippen molar-refractivity contribution in [3.63, 3.8) is 0 Å². The van der Waals surface area contributed by atoms with Gasteiger partial charge in [-0.3, -0.25) is 4.79 Å². The van der Waals surface area contributed by atoms with Gasteiger partial charge in [0.1, 0.15) is 0 Å². The zero-order chi connectivity index (χ0) is 13.7. The summed E-state index contributed by atoms with van der Waals surface area (Å²) in [5, 5.41) is 4.17. The molecule has 0 radical (unpaired) electrons. The monoisotopic (exact) mass is 259 g/mol. The highest BCUT2D eigenvalue weighted by atomic mass is 16.2. The summed E-state index contributed by atoms with van der Waals surface area (Å²) in [4.78, 5) is 12.0. The zero-order valence-corrected chi connectivity index (χ0v) is 11.4. The molecular weight excluding hydrogens is 238 g/mol. The smallest absolute Gasteiger partial charge is 0.243 e. The van der Waals surface area contributed by atoms with Crippen molar-refractivity contribution in [3.8, 4) is 0 Å². The Bertz CT molecular complexity index is 476. The molecule has 4 nitrogen and oxygen atoms in total. The Balaban J connectivity index is 1.95. The van der Waals surface area contributed by atoms with Crippen molar-refractivity contribution in [2.24, 2.45) is 11.0 Å². The SMILES string of the molecule is C/C(=N/NC(=O)C1CCCCC1)c1cccc(N)c1. The van der Waals surface area contributed by atoms with E-state index < -0.39 is 0 Å². The van der Waals surface area contributed by atoms with Gasteiger partial charge in [-0.1, -0.05) is 31.4 Å². The molecule has 1 aromatic carbocycles. The molecule has 1 aliphatic carbocycles. The lowest BCUT2D eigenvalue weighted by Crippen LogP contribution is -2.29. The highest BCUT2D eigenvalue weighted by molar-refractivity contribution is 5.99. The summed E-state index contributed by atoms with van der Waals surface area (Å²) >= 11 is 0. The van der Waals surface area contributed by atoms with Crippen LogP contribution < -0.4 is 11.2 Å². The molecule has 1 fully saturated rings. The summed E-state index contributed by atoms with van der Waals surface area (Å²) < 4.78 is 0. The fourth-order valence-electron chi connectivity index (χ4n) is 2.42. The Labute approximate surface area is 114 Å². The lowest BCUT2D eigenvalue weighted by Gasteiger charge is -2.19. The molecule has 19 heavy (non-hydrogen) atoms. The summed E-state index contributed by atoms with van der Waals surface area (Å²) in [6, 6.07) is 7.50. The maximum Gasteiger partial charge on any atom is 0.243 e. The van der Waals surface area contributed by atoms with Crippen LogP contribution in [0.1, 0.15) is 44.6 Å². The molecule has 2 rings (SSSR count). The topological polar surface area (TPSA) is 67.5 Å². The number of benzene rings is 1. The van der Waals surface area contributed by atoms with Crippen molar-refractivity contribution in [3.05, 3.63) is 29.8 Å². The van der Waals surface area contributed by atoms with E-state index >= 15 is 0 Å². The van der Waals surface area contributed by atoms with E-state index in [1.807, 2.05) is 31.2 Å². The summed E-state index contributed by atoms with van der Waals surface area (Å²) in [5.74, 6) is 0.175. The molecule has 1 saturated carbocycles. The average molecular weight is 259 g/mol. The molecule has 0 unspecified atom stereocenters. The van der Waals surface area contributed by atoms with Crippen molar-refractivity contribution < 1.29 is 4.79 Å². The Morgan fingerprint density at radius 1 is 1.32 bits per heavy atom. The number of anilines is 1. The first-order valence-corrected chi connectivity index (χ1v) is 6.87. The largest absolute Gasteiger partial charge is 0.399 e. The first kappa shape index (κ1) is 13.6. The molecule has 0 saturated heterocycles. The van der Waals surface area contributed by atoms with Gasteiger partial charge in [0.25, 0.3) is 0 Å². The van der Waals surface area contributed by atoms with Gasteiger partial charge in [-0.25, -0.2) is 5.43 Å². The maximum atomic E-state index is 12.0. The number of nitrogens with zero attached hydrogens (tertiary/aromatic N) is 1. The van der Waals surface area contributed by atoms with Crippen LogP contribution in [0.3, 0.4) is 0 Å². The zero-order valence-electron chi connectivity index (χ0n) is 11.4. The van der Waals surface area contributed by atoms with Crippen LogP contribution in [-0.2, 0) is 4.79 Å². The van der Waals surface area contributed by atoms with Crippen LogP contribution in [-0.4, -0.2) is 11.6 Å².